The van der Waals surface area contributed by atoms with E-state index < -0.39 is 0 Å². The van der Waals surface area contributed by atoms with Crippen LogP contribution in [0.1, 0.15) is 32.4 Å². The molecule has 0 aliphatic rings. The fourth-order valence-electron chi connectivity index (χ4n) is 2.64. The van der Waals surface area contributed by atoms with Crippen molar-refractivity contribution in [3.63, 3.8) is 0 Å². The summed E-state index contributed by atoms with van der Waals surface area (Å²) in [6.45, 7) is 2.51. The molecule has 8 heteroatoms. The summed E-state index contributed by atoms with van der Waals surface area (Å²) >= 11 is 1.19. The SMILES string of the molecule is COc1ccc(NC(=O)c2nnc(CCC(=O)NCc3cccc(C)c3)s2)cc1. The van der Waals surface area contributed by atoms with Crippen molar-refractivity contribution in [2.45, 2.75) is 26.3 Å². The van der Waals surface area contributed by atoms with E-state index in [0.717, 1.165) is 11.1 Å². The molecule has 7 nitrogen and oxygen atoms in total. The second-order valence-corrected chi connectivity index (χ2v) is 7.51. The number of anilines is 1. The molecule has 3 rings (SSSR count). The van der Waals surface area contributed by atoms with E-state index in [2.05, 4.69) is 20.8 Å². The lowest BCUT2D eigenvalue weighted by Gasteiger charge is -2.05. The third-order valence-corrected chi connectivity index (χ3v) is 5.13. The predicted molar refractivity (Wildman–Crippen MR) is 112 cm³/mol. The molecule has 2 N–H and O–H groups in total. The minimum Gasteiger partial charge on any atom is -0.497 e. The van der Waals surface area contributed by atoms with Crippen LogP contribution in [0.25, 0.3) is 0 Å². The topological polar surface area (TPSA) is 93.2 Å². The molecule has 150 valence electrons. The van der Waals surface area contributed by atoms with Crippen molar-refractivity contribution in [2.24, 2.45) is 0 Å². The molecule has 0 radical (unpaired) electrons. The monoisotopic (exact) mass is 410 g/mol. The second-order valence-electron chi connectivity index (χ2n) is 6.45. The van der Waals surface area contributed by atoms with Gasteiger partial charge in [0.2, 0.25) is 10.9 Å². The minimum absolute atomic E-state index is 0.0639. The van der Waals surface area contributed by atoms with Gasteiger partial charge >= 0.3 is 0 Å². The molecule has 0 unspecified atom stereocenters. The summed E-state index contributed by atoms with van der Waals surface area (Å²) < 4.78 is 5.09. The minimum atomic E-state index is -0.331. The molecule has 1 aromatic heterocycles. The van der Waals surface area contributed by atoms with Gasteiger partial charge in [0.05, 0.1) is 7.11 Å². The molecule has 0 spiro atoms. The van der Waals surface area contributed by atoms with Crippen LogP contribution < -0.4 is 15.4 Å². The van der Waals surface area contributed by atoms with Gasteiger partial charge in [-0.2, -0.15) is 0 Å². The summed E-state index contributed by atoms with van der Waals surface area (Å²) in [5.41, 5.74) is 2.86. The highest BCUT2D eigenvalue weighted by molar-refractivity contribution is 7.13. The maximum absolute atomic E-state index is 12.3. The molecule has 1 heterocycles. The normalized spacial score (nSPS) is 10.4. The van der Waals surface area contributed by atoms with E-state index in [0.29, 0.717) is 35.8 Å². The molecular formula is C21H22N4O3S. The summed E-state index contributed by atoms with van der Waals surface area (Å²) in [5.74, 6) is 0.315. The number of hydrogen-bond donors (Lipinski definition) is 2. The van der Waals surface area contributed by atoms with Crippen molar-refractivity contribution in [3.05, 3.63) is 69.7 Å². The molecule has 3 aromatic rings. The number of ether oxygens (including phenoxy) is 1. The Kier molecular flexibility index (Phi) is 6.91. The Bertz CT molecular complexity index is 986. The molecule has 0 saturated carbocycles. The van der Waals surface area contributed by atoms with Gasteiger partial charge in [0.15, 0.2) is 0 Å². The average Bonchev–Trinajstić information content (AvgIpc) is 3.21. The highest BCUT2D eigenvalue weighted by atomic mass is 32.1. The van der Waals surface area contributed by atoms with Crippen LogP contribution in [0, 0.1) is 6.92 Å². The first-order chi connectivity index (χ1) is 14.0. The Morgan fingerprint density at radius 3 is 2.62 bits per heavy atom. The van der Waals surface area contributed by atoms with Crippen LogP contribution in [0.3, 0.4) is 0 Å². The molecule has 0 fully saturated rings. The third kappa shape index (κ3) is 6.11. The Morgan fingerprint density at radius 2 is 1.90 bits per heavy atom. The number of carbonyl (C=O) groups excluding carboxylic acids is 2. The fraction of sp³-hybridized carbons (Fsp3) is 0.238. The number of carbonyl (C=O) groups is 2. The van der Waals surface area contributed by atoms with E-state index in [1.807, 2.05) is 31.2 Å². The summed E-state index contributed by atoms with van der Waals surface area (Å²) in [6.07, 6.45) is 0.730. The van der Waals surface area contributed by atoms with Crippen molar-refractivity contribution in [1.29, 1.82) is 0 Å². The lowest BCUT2D eigenvalue weighted by atomic mass is 10.1. The van der Waals surface area contributed by atoms with Gasteiger partial charge in [-0.3, -0.25) is 9.59 Å². The number of benzene rings is 2. The van der Waals surface area contributed by atoms with Crippen molar-refractivity contribution in [2.75, 3.05) is 12.4 Å². The zero-order valence-corrected chi connectivity index (χ0v) is 17.1. The molecule has 0 bridgehead atoms. The lowest BCUT2D eigenvalue weighted by Crippen LogP contribution is -2.23. The number of nitrogens with zero attached hydrogens (tertiary/aromatic N) is 2. The van der Waals surface area contributed by atoms with Gasteiger partial charge in [-0.1, -0.05) is 41.2 Å². The van der Waals surface area contributed by atoms with Gasteiger partial charge in [-0.15, -0.1) is 10.2 Å². The number of hydrogen-bond acceptors (Lipinski definition) is 6. The highest BCUT2D eigenvalue weighted by Gasteiger charge is 2.14. The number of nitrogens with one attached hydrogen (secondary N) is 2. The van der Waals surface area contributed by atoms with Gasteiger partial charge in [0.25, 0.3) is 5.91 Å². The first kappa shape index (κ1) is 20.5. The van der Waals surface area contributed by atoms with E-state index >= 15 is 0 Å². The van der Waals surface area contributed by atoms with E-state index in [9.17, 15) is 9.59 Å². The maximum atomic E-state index is 12.3. The van der Waals surface area contributed by atoms with Gasteiger partial charge in [0.1, 0.15) is 10.8 Å². The predicted octanol–water partition coefficient (Wildman–Crippen LogP) is 3.36. The standard InChI is InChI=1S/C21H22N4O3S/c1-14-4-3-5-15(12-14)13-22-18(26)10-11-19-24-25-21(29-19)20(27)23-16-6-8-17(28-2)9-7-16/h3-9,12H,10-11,13H2,1-2H3,(H,22,26)(H,23,27). The molecule has 2 aromatic carbocycles. The Labute approximate surface area is 173 Å². The number of aromatic nitrogens is 2. The second kappa shape index (κ2) is 9.79. The van der Waals surface area contributed by atoms with E-state index in [4.69, 9.17) is 4.74 Å². The fourth-order valence-corrected chi connectivity index (χ4v) is 3.37. The summed E-state index contributed by atoms with van der Waals surface area (Å²) in [6, 6.07) is 15.0. The smallest absolute Gasteiger partial charge is 0.286 e. The quantitative estimate of drug-likeness (QED) is 0.594. The number of aryl methyl sites for hydroxylation is 2. The lowest BCUT2D eigenvalue weighted by molar-refractivity contribution is -0.121. The van der Waals surface area contributed by atoms with Crippen LogP contribution in [0.15, 0.2) is 48.5 Å². The average molecular weight is 410 g/mol. The molecule has 0 saturated heterocycles. The Morgan fingerprint density at radius 1 is 1.10 bits per heavy atom. The largest absolute Gasteiger partial charge is 0.497 e. The van der Waals surface area contributed by atoms with E-state index in [1.54, 1.807) is 31.4 Å². The molecule has 29 heavy (non-hydrogen) atoms. The van der Waals surface area contributed by atoms with Crippen molar-refractivity contribution >= 4 is 28.8 Å². The van der Waals surface area contributed by atoms with Crippen LogP contribution in [-0.2, 0) is 17.8 Å². The van der Waals surface area contributed by atoms with Crippen LogP contribution in [0.4, 0.5) is 5.69 Å². The Hall–Kier alpha value is -3.26. The molecule has 0 atom stereocenters. The van der Waals surface area contributed by atoms with Crippen molar-refractivity contribution in [1.82, 2.24) is 15.5 Å². The Balaban J connectivity index is 1.46. The molecule has 0 aliphatic carbocycles. The number of methoxy groups -OCH3 is 1. The summed E-state index contributed by atoms with van der Waals surface area (Å²) in [7, 11) is 1.58. The molecule has 2 amide bonds. The summed E-state index contributed by atoms with van der Waals surface area (Å²) in [5, 5.41) is 14.5. The van der Waals surface area contributed by atoms with Crippen LogP contribution in [-0.4, -0.2) is 29.1 Å². The van der Waals surface area contributed by atoms with Gasteiger partial charge in [-0.25, -0.2) is 0 Å². The third-order valence-electron chi connectivity index (χ3n) is 4.15. The van der Waals surface area contributed by atoms with Crippen LogP contribution >= 0.6 is 11.3 Å². The first-order valence-corrected chi connectivity index (χ1v) is 9.95. The van der Waals surface area contributed by atoms with Crippen molar-refractivity contribution in [3.8, 4) is 5.75 Å². The highest BCUT2D eigenvalue weighted by Crippen LogP contribution is 2.17. The summed E-state index contributed by atoms with van der Waals surface area (Å²) in [4.78, 5) is 24.4. The first-order valence-electron chi connectivity index (χ1n) is 9.13. The molecule has 0 aliphatic heterocycles. The number of amides is 2. The molecular weight excluding hydrogens is 388 g/mol. The van der Waals surface area contributed by atoms with Crippen LogP contribution in [0.2, 0.25) is 0 Å². The van der Waals surface area contributed by atoms with Gasteiger partial charge in [-0.05, 0) is 36.8 Å². The van der Waals surface area contributed by atoms with Crippen molar-refractivity contribution < 1.29 is 14.3 Å². The number of rotatable bonds is 8. The van der Waals surface area contributed by atoms with Crippen LogP contribution in [0.5, 0.6) is 5.75 Å². The van der Waals surface area contributed by atoms with E-state index in [1.165, 1.54) is 11.3 Å². The maximum Gasteiger partial charge on any atom is 0.286 e. The van der Waals surface area contributed by atoms with E-state index in [-0.39, 0.29) is 16.8 Å². The zero-order chi connectivity index (χ0) is 20.6. The zero-order valence-electron chi connectivity index (χ0n) is 16.3. The van der Waals surface area contributed by atoms with Gasteiger partial charge < -0.3 is 15.4 Å². The van der Waals surface area contributed by atoms with Gasteiger partial charge in [0, 0.05) is 25.1 Å².